The second kappa shape index (κ2) is 7.49. The van der Waals surface area contributed by atoms with Gasteiger partial charge in [0, 0.05) is 16.1 Å². The summed E-state index contributed by atoms with van der Waals surface area (Å²) in [7, 11) is 0. The molecule has 0 atom stereocenters. The van der Waals surface area contributed by atoms with E-state index in [-0.39, 0.29) is 5.78 Å². The van der Waals surface area contributed by atoms with Gasteiger partial charge in [-0.15, -0.1) is 0 Å². The van der Waals surface area contributed by atoms with Gasteiger partial charge in [-0.3, -0.25) is 9.59 Å². The molecule has 2 aromatic carbocycles. The monoisotopic (exact) mass is 346 g/mol. The van der Waals surface area contributed by atoms with Crippen molar-refractivity contribution >= 4 is 23.4 Å². The van der Waals surface area contributed by atoms with Gasteiger partial charge in [-0.2, -0.15) is 0 Å². The predicted molar refractivity (Wildman–Crippen MR) is 92.9 cm³/mol. The number of benzene rings is 2. The highest BCUT2D eigenvalue weighted by molar-refractivity contribution is 6.30. The van der Waals surface area contributed by atoms with E-state index >= 15 is 0 Å². The molecule has 0 spiro atoms. The number of aliphatic carboxylic acids is 1. The van der Waals surface area contributed by atoms with Crippen molar-refractivity contribution in [3.05, 3.63) is 64.7 Å². The number of carboxylic acids is 1. The smallest absolute Gasteiger partial charge is 0.309 e. The number of hydrogen-bond acceptors (Lipinski definition) is 3. The Labute approximate surface area is 146 Å². The molecule has 2 aromatic rings. The van der Waals surface area contributed by atoms with Crippen LogP contribution in [0.1, 0.15) is 36.2 Å². The minimum atomic E-state index is -0.852. The molecular weight excluding hydrogens is 328 g/mol. The van der Waals surface area contributed by atoms with Gasteiger partial charge in [0.15, 0.2) is 5.78 Å². The lowest BCUT2D eigenvalue weighted by Gasteiger charge is -2.18. The third-order valence-corrected chi connectivity index (χ3v) is 4.05. The highest BCUT2D eigenvalue weighted by Gasteiger charge is 2.26. The number of rotatable bonds is 7. The van der Waals surface area contributed by atoms with E-state index in [0.717, 1.165) is 0 Å². The van der Waals surface area contributed by atoms with Crippen LogP contribution >= 0.6 is 11.6 Å². The van der Waals surface area contributed by atoms with Gasteiger partial charge in [0.05, 0.1) is 12.0 Å². The van der Waals surface area contributed by atoms with Crippen LogP contribution in [-0.2, 0) is 4.79 Å². The van der Waals surface area contributed by atoms with Crippen LogP contribution in [0.15, 0.2) is 48.5 Å². The Morgan fingerprint density at radius 3 is 2.00 bits per heavy atom. The molecule has 0 fully saturated rings. The molecule has 0 bridgehead atoms. The van der Waals surface area contributed by atoms with Gasteiger partial charge in [0.1, 0.15) is 5.75 Å². The molecule has 24 heavy (non-hydrogen) atoms. The third kappa shape index (κ3) is 4.59. The van der Waals surface area contributed by atoms with Crippen molar-refractivity contribution in [2.45, 2.75) is 20.3 Å². The van der Waals surface area contributed by atoms with Crippen LogP contribution in [0.4, 0.5) is 0 Å². The van der Waals surface area contributed by atoms with Gasteiger partial charge in [-0.05, 0) is 68.8 Å². The van der Waals surface area contributed by atoms with Gasteiger partial charge >= 0.3 is 5.97 Å². The maximum atomic E-state index is 12.3. The van der Waals surface area contributed by atoms with Gasteiger partial charge in [-0.1, -0.05) is 11.6 Å². The molecule has 126 valence electrons. The Bertz CT molecular complexity index is 718. The lowest BCUT2D eigenvalue weighted by molar-refractivity contribution is -0.147. The SMILES string of the molecule is CC(C)(CCOc1ccc(C(=O)c2ccc(Cl)cc2)cc1)C(=O)O. The second-order valence-electron chi connectivity index (χ2n) is 6.15. The summed E-state index contributed by atoms with van der Waals surface area (Å²) < 4.78 is 5.56. The fourth-order valence-electron chi connectivity index (χ4n) is 2.00. The summed E-state index contributed by atoms with van der Waals surface area (Å²) in [5.74, 6) is -0.343. The zero-order valence-electron chi connectivity index (χ0n) is 13.6. The van der Waals surface area contributed by atoms with E-state index in [0.29, 0.717) is 34.9 Å². The number of ketones is 1. The first kappa shape index (κ1) is 18.0. The summed E-state index contributed by atoms with van der Waals surface area (Å²) >= 11 is 5.82. The van der Waals surface area contributed by atoms with Crippen molar-refractivity contribution in [1.29, 1.82) is 0 Å². The zero-order chi connectivity index (χ0) is 17.7. The van der Waals surface area contributed by atoms with Crippen LogP contribution in [0.3, 0.4) is 0 Å². The molecule has 0 aromatic heterocycles. The third-order valence-electron chi connectivity index (χ3n) is 3.80. The van der Waals surface area contributed by atoms with E-state index in [1.54, 1.807) is 62.4 Å². The standard InChI is InChI=1S/C19H19ClO4/c1-19(2,18(22)23)11-12-24-16-9-5-14(6-10-16)17(21)13-3-7-15(20)8-4-13/h3-10H,11-12H2,1-2H3,(H,22,23). The van der Waals surface area contributed by atoms with Crippen molar-refractivity contribution in [2.75, 3.05) is 6.61 Å². The first-order chi connectivity index (χ1) is 11.3. The van der Waals surface area contributed by atoms with Gasteiger partial charge in [-0.25, -0.2) is 0 Å². The Hall–Kier alpha value is -2.33. The zero-order valence-corrected chi connectivity index (χ0v) is 14.3. The predicted octanol–water partition coefficient (Wildman–Crippen LogP) is 4.45. The molecule has 4 nitrogen and oxygen atoms in total. The fraction of sp³-hybridized carbons (Fsp3) is 0.263. The van der Waals surface area contributed by atoms with Crippen molar-refractivity contribution in [1.82, 2.24) is 0 Å². The van der Waals surface area contributed by atoms with Crippen LogP contribution in [0.25, 0.3) is 0 Å². The molecule has 0 saturated carbocycles. The van der Waals surface area contributed by atoms with Crippen LogP contribution in [0, 0.1) is 5.41 Å². The van der Waals surface area contributed by atoms with Crippen molar-refractivity contribution in [3.8, 4) is 5.75 Å². The molecule has 0 heterocycles. The summed E-state index contributed by atoms with van der Waals surface area (Å²) in [5, 5.41) is 9.64. The summed E-state index contributed by atoms with van der Waals surface area (Å²) in [6, 6.07) is 13.5. The molecule has 0 amide bonds. The van der Waals surface area contributed by atoms with Gasteiger partial charge in [0.2, 0.25) is 0 Å². The van der Waals surface area contributed by atoms with Crippen molar-refractivity contribution in [2.24, 2.45) is 5.41 Å². The van der Waals surface area contributed by atoms with Gasteiger partial charge in [0.25, 0.3) is 0 Å². The number of ether oxygens (including phenoxy) is 1. The number of halogens is 1. The number of carbonyl (C=O) groups is 2. The molecular formula is C19H19ClO4. The minimum absolute atomic E-state index is 0.0924. The molecule has 0 aliphatic carbocycles. The molecule has 0 radical (unpaired) electrons. The van der Waals surface area contributed by atoms with E-state index < -0.39 is 11.4 Å². The normalized spacial score (nSPS) is 11.1. The molecule has 2 rings (SSSR count). The summed E-state index contributed by atoms with van der Waals surface area (Å²) in [4.78, 5) is 23.4. The van der Waals surface area contributed by atoms with E-state index in [9.17, 15) is 9.59 Å². The van der Waals surface area contributed by atoms with Crippen molar-refractivity contribution < 1.29 is 19.4 Å². The highest BCUT2D eigenvalue weighted by Crippen LogP contribution is 2.22. The Balaban J connectivity index is 1.96. The molecule has 1 N–H and O–H groups in total. The average Bonchev–Trinajstić information content (AvgIpc) is 2.55. The number of hydrogen-bond donors (Lipinski definition) is 1. The summed E-state index contributed by atoms with van der Waals surface area (Å²) in [5.41, 5.74) is 0.289. The highest BCUT2D eigenvalue weighted by atomic mass is 35.5. The lowest BCUT2D eigenvalue weighted by atomic mass is 9.90. The van der Waals surface area contributed by atoms with Crippen LogP contribution in [0.2, 0.25) is 5.02 Å². The van der Waals surface area contributed by atoms with E-state index in [4.69, 9.17) is 21.4 Å². The van der Waals surface area contributed by atoms with Crippen LogP contribution in [-0.4, -0.2) is 23.5 Å². The number of carboxylic acid groups (broad SMARTS) is 1. The Morgan fingerprint density at radius 2 is 1.50 bits per heavy atom. The summed E-state index contributed by atoms with van der Waals surface area (Å²) in [6.45, 7) is 3.61. The number of carbonyl (C=O) groups excluding carboxylic acids is 1. The average molecular weight is 347 g/mol. The molecule has 0 aliphatic heterocycles. The Kier molecular flexibility index (Phi) is 5.62. The van der Waals surface area contributed by atoms with Crippen LogP contribution in [0.5, 0.6) is 5.75 Å². The molecule has 0 aliphatic rings. The topological polar surface area (TPSA) is 63.6 Å². The maximum Gasteiger partial charge on any atom is 0.309 e. The van der Waals surface area contributed by atoms with E-state index in [1.165, 1.54) is 0 Å². The fourth-order valence-corrected chi connectivity index (χ4v) is 2.13. The molecule has 0 saturated heterocycles. The maximum absolute atomic E-state index is 12.3. The first-order valence-electron chi connectivity index (χ1n) is 7.56. The van der Waals surface area contributed by atoms with E-state index in [1.807, 2.05) is 0 Å². The van der Waals surface area contributed by atoms with E-state index in [2.05, 4.69) is 0 Å². The molecule has 5 heteroatoms. The Morgan fingerprint density at radius 1 is 1.00 bits per heavy atom. The largest absolute Gasteiger partial charge is 0.494 e. The van der Waals surface area contributed by atoms with Crippen LogP contribution < -0.4 is 4.74 Å². The quantitative estimate of drug-likeness (QED) is 0.752. The first-order valence-corrected chi connectivity index (χ1v) is 7.94. The lowest BCUT2D eigenvalue weighted by Crippen LogP contribution is -2.25. The second-order valence-corrected chi connectivity index (χ2v) is 6.58. The van der Waals surface area contributed by atoms with Crippen molar-refractivity contribution in [3.63, 3.8) is 0 Å². The molecule has 0 unspecified atom stereocenters. The minimum Gasteiger partial charge on any atom is -0.494 e. The van der Waals surface area contributed by atoms with Gasteiger partial charge < -0.3 is 9.84 Å². The summed E-state index contributed by atoms with van der Waals surface area (Å²) in [6.07, 6.45) is 0.397.